The minimum Gasteiger partial charge on any atom is -0.357 e. The standard InChI is InChI=1S/C18H18FN7/c1-2-21-18(22-11-14-7-6-13(10-20)9-15(14)19)23-12-17-25-24-16-5-3-4-8-26(16)17/h3-9H,2,11-12H2,1H3,(H2,21,22,23). The number of nitrogens with one attached hydrogen (secondary N) is 2. The summed E-state index contributed by atoms with van der Waals surface area (Å²) in [4.78, 5) is 4.39. The summed E-state index contributed by atoms with van der Waals surface area (Å²) >= 11 is 0. The van der Waals surface area contributed by atoms with Crippen LogP contribution in [0.4, 0.5) is 4.39 Å². The number of halogens is 1. The van der Waals surface area contributed by atoms with E-state index in [-0.39, 0.29) is 6.54 Å². The lowest BCUT2D eigenvalue weighted by atomic mass is 10.1. The third-order valence-corrected chi connectivity index (χ3v) is 3.73. The Morgan fingerprint density at radius 3 is 2.92 bits per heavy atom. The first-order chi connectivity index (χ1) is 12.7. The summed E-state index contributed by atoms with van der Waals surface area (Å²) in [6.07, 6.45) is 1.89. The number of nitrogens with zero attached hydrogens (tertiary/aromatic N) is 5. The highest BCUT2D eigenvalue weighted by Crippen LogP contribution is 2.11. The van der Waals surface area contributed by atoms with E-state index in [2.05, 4.69) is 25.8 Å². The molecule has 0 saturated carbocycles. The molecule has 0 aliphatic heterocycles. The van der Waals surface area contributed by atoms with E-state index in [1.165, 1.54) is 6.07 Å². The van der Waals surface area contributed by atoms with Crippen molar-refractivity contribution in [2.24, 2.45) is 4.99 Å². The van der Waals surface area contributed by atoms with Crippen LogP contribution in [-0.4, -0.2) is 27.1 Å². The van der Waals surface area contributed by atoms with Crippen LogP contribution in [0.5, 0.6) is 0 Å². The molecule has 2 N–H and O–H groups in total. The predicted molar refractivity (Wildman–Crippen MR) is 95.8 cm³/mol. The van der Waals surface area contributed by atoms with Crippen molar-refractivity contribution in [3.63, 3.8) is 0 Å². The van der Waals surface area contributed by atoms with Gasteiger partial charge in [0, 0.05) is 18.3 Å². The van der Waals surface area contributed by atoms with Crippen LogP contribution in [0.3, 0.4) is 0 Å². The second-order valence-corrected chi connectivity index (χ2v) is 5.51. The molecule has 0 fully saturated rings. The van der Waals surface area contributed by atoms with Gasteiger partial charge in [-0.2, -0.15) is 5.26 Å². The van der Waals surface area contributed by atoms with Crippen molar-refractivity contribution in [3.8, 4) is 6.07 Å². The van der Waals surface area contributed by atoms with E-state index in [0.717, 1.165) is 11.5 Å². The molecule has 8 heteroatoms. The molecule has 3 aromatic rings. The normalized spacial score (nSPS) is 11.3. The van der Waals surface area contributed by atoms with Gasteiger partial charge in [0.2, 0.25) is 0 Å². The average Bonchev–Trinajstić information content (AvgIpc) is 3.08. The van der Waals surface area contributed by atoms with Crippen LogP contribution in [-0.2, 0) is 13.1 Å². The van der Waals surface area contributed by atoms with Gasteiger partial charge in [0.1, 0.15) is 5.82 Å². The Kier molecular flexibility index (Phi) is 5.39. The molecular weight excluding hydrogens is 333 g/mol. The first kappa shape index (κ1) is 17.4. The minimum absolute atomic E-state index is 0.160. The summed E-state index contributed by atoms with van der Waals surface area (Å²) in [5.74, 6) is 0.854. The van der Waals surface area contributed by atoms with E-state index >= 15 is 0 Å². The van der Waals surface area contributed by atoms with Gasteiger partial charge in [0.05, 0.1) is 24.7 Å². The highest BCUT2D eigenvalue weighted by molar-refractivity contribution is 5.79. The Morgan fingerprint density at radius 1 is 1.27 bits per heavy atom. The molecule has 132 valence electrons. The molecule has 2 aromatic heterocycles. The number of aliphatic imine (C=N–C) groups is 1. The van der Waals surface area contributed by atoms with E-state index in [4.69, 9.17) is 5.26 Å². The quantitative estimate of drug-likeness (QED) is 0.542. The highest BCUT2D eigenvalue weighted by atomic mass is 19.1. The summed E-state index contributed by atoms with van der Waals surface area (Å²) in [5.41, 5.74) is 1.49. The molecule has 0 aliphatic carbocycles. The second kappa shape index (κ2) is 8.07. The van der Waals surface area contributed by atoms with Crippen molar-refractivity contribution < 1.29 is 4.39 Å². The topological polar surface area (TPSA) is 90.4 Å². The zero-order valence-electron chi connectivity index (χ0n) is 14.3. The van der Waals surface area contributed by atoms with Gasteiger partial charge < -0.3 is 10.6 Å². The Labute approximate surface area is 150 Å². The largest absolute Gasteiger partial charge is 0.357 e. The third kappa shape index (κ3) is 3.95. The number of aromatic nitrogens is 3. The van der Waals surface area contributed by atoms with E-state index in [1.807, 2.05) is 41.8 Å². The molecular formula is C18H18FN7. The second-order valence-electron chi connectivity index (χ2n) is 5.51. The molecule has 0 atom stereocenters. The van der Waals surface area contributed by atoms with Crippen molar-refractivity contribution in [1.82, 2.24) is 25.2 Å². The number of guanidine groups is 1. The maximum Gasteiger partial charge on any atom is 0.191 e. The minimum atomic E-state index is -0.438. The Morgan fingerprint density at radius 2 is 2.15 bits per heavy atom. The van der Waals surface area contributed by atoms with Crippen LogP contribution in [0.15, 0.2) is 47.6 Å². The van der Waals surface area contributed by atoms with Crippen molar-refractivity contribution in [1.29, 1.82) is 5.26 Å². The van der Waals surface area contributed by atoms with Gasteiger partial charge >= 0.3 is 0 Å². The van der Waals surface area contributed by atoms with Crippen molar-refractivity contribution in [2.75, 3.05) is 6.54 Å². The van der Waals surface area contributed by atoms with E-state index < -0.39 is 5.82 Å². The summed E-state index contributed by atoms with van der Waals surface area (Å²) in [5, 5.41) is 23.3. The lowest BCUT2D eigenvalue weighted by Gasteiger charge is -2.10. The van der Waals surface area contributed by atoms with Crippen molar-refractivity contribution in [2.45, 2.75) is 20.0 Å². The zero-order chi connectivity index (χ0) is 18.4. The Balaban J connectivity index is 1.70. The molecule has 2 heterocycles. The lowest BCUT2D eigenvalue weighted by Crippen LogP contribution is -2.37. The molecule has 0 unspecified atom stereocenters. The Bertz CT molecular complexity index is 971. The fourth-order valence-corrected chi connectivity index (χ4v) is 2.43. The van der Waals surface area contributed by atoms with Gasteiger partial charge in [-0.15, -0.1) is 10.2 Å². The maximum atomic E-state index is 14.0. The third-order valence-electron chi connectivity index (χ3n) is 3.73. The summed E-state index contributed by atoms with van der Waals surface area (Å²) in [7, 11) is 0. The van der Waals surface area contributed by atoms with Crippen LogP contribution in [0.25, 0.3) is 5.65 Å². The SMILES string of the molecule is CCNC(=NCc1ccc(C#N)cc1F)NCc1nnc2ccccn12. The number of hydrogen-bond donors (Lipinski definition) is 2. The molecule has 7 nitrogen and oxygen atoms in total. The molecule has 0 amide bonds. The molecule has 3 rings (SSSR count). The fourth-order valence-electron chi connectivity index (χ4n) is 2.43. The Hall–Kier alpha value is -3.47. The zero-order valence-corrected chi connectivity index (χ0v) is 14.3. The van der Waals surface area contributed by atoms with E-state index in [0.29, 0.717) is 30.2 Å². The summed E-state index contributed by atoms with van der Waals surface area (Å²) in [6, 6.07) is 12.0. The van der Waals surface area contributed by atoms with Gasteiger partial charge in [-0.05, 0) is 31.2 Å². The first-order valence-electron chi connectivity index (χ1n) is 8.20. The van der Waals surface area contributed by atoms with Crippen LogP contribution < -0.4 is 10.6 Å². The monoisotopic (exact) mass is 351 g/mol. The van der Waals surface area contributed by atoms with Crippen LogP contribution in [0, 0.1) is 17.1 Å². The van der Waals surface area contributed by atoms with Gasteiger partial charge in [0.25, 0.3) is 0 Å². The fraction of sp³-hybridized carbons (Fsp3) is 0.222. The highest BCUT2D eigenvalue weighted by Gasteiger charge is 2.07. The average molecular weight is 351 g/mol. The van der Waals surface area contributed by atoms with E-state index in [1.54, 1.807) is 12.1 Å². The smallest absolute Gasteiger partial charge is 0.191 e. The van der Waals surface area contributed by atoms with Gasteiger partial charge in [-0.3, -0.25) is 4.40 Å². The first-order valence-corrected chi connectivity index (χ1v) is 8.20. The van der Waals surface area contributed by atoms with Crippen LogP contribution in [0.1, 0.15) is 23.9 Å². The van der Waals surface area contributed by atoms with E-state index in [9.17, 15) is 4.39 Å². The van der Waals surface area contributed by atoms with Gasteiger partial charge in [-0.1, -0.05) is 12.1 Å². The molecule has 0 radical (unpaired) electrons. The van der Waals surface area contributed by atoms with Crippen LogP contribution in [0.2, 0.25) is 0 Å². The predicted octanol–water partition coefficient (Wildman–Crippen LogP) is 2.00. The molecule has 1 aromatic carbocycles. The van der Waals surface area contributed by atoms with Crippen LogP contribution >= 0.6 is 0 Å². The summed E-state index contributed by atoms with van der Waals surface area (Å²) < 4.78 is 15.9. The molecule has 0 bridgehead atoms. The lowest BCUT2D eigenvalue weighted by molar-refractivity contribution is 0.609. The number of pyridine rings is 1. The number of hydrogen-bond acceptors (Lipinski definition) is 4. The molecule has 26 heavy (non-hydrogen) atoms. The van der Waals surface area contributed by atoms with Gasteiger partial charge in [0.15, 0.2) is 17.4 Å². The number of nitriles is 1. The molecule has 0 spiro atoms. The number of rotatable bonds is 5. The van der Waals surface area contributed by atoms with Gasteiger partial charge in [-0.25, -0.2) is 9.38 Å². The number of benzene rings is 1. The maximum absolute atomic E-state index is 14.0. The molecule has 0 saturated heterocycles. The number of fused-ring (bicyclic) bond motifs is 1. The summed E-state index contributed by atoms with van der Waals surface area (Å²) in [6.45, 7) is 3.20. The van der Waals surface area contributed by atoms with Crippen molar-refractivity contribution in [3.05, 3.63) is 65.4 Å². The van der Waals surface area contributed by atoms with Crippen molar-refractivity contribution >= 4 is 11.6 Å². The molecule has 0 aliphatic rings.